The van der Waals surface area contributed by atoms with E-state index in [0.29, 0.717) is 26.2 Å². The molecule has 1 saturated heterocycles. The van der Waals surface area contributed by atoms with Crippen LogP contribution in [0.4, 0.5) is 13.2 Å². The first kappa shape index (κ1) is 13.6. The number of piperazine rings is 1. The normalized spacial score (nSPS) is 23.7. The molecule has 1 saturated carbocycles. The first-order valence-electron chi connectivity index (χ1n) is 6.27. The lowest BCUT2D eigenvalue weighted by Gasteiger charge is -2.35. The zero-order valence-electron chi connectivity index (χ0n) is 10.1. The van der Waals surface area contributed by atoms with E-state index in [2.05, 4.69) is 10.6 Å². The summed E-state index contributed by atoms with van der Waals surface area (Å²) in [7, 11) is 0. The molecular weight excluding hydrogens is 247 g/mol. The molecule has 4 nitrogen and oxygen atoms in total. The Kier molecular flexibility index (Phi) is 4.11. The molecule has 2 fully saturated rings. The summed E-state index contributed by atoms with van der Waals surface area (Å²) in [5.74, 6) is -0.290. The van der Waals surface area contributed by atoms with E-state index in [4.69, 9.17) is 0 Å². The molecule has 0 aromatic heterocycles. The van der Waals surface area contributed by atoms with Gasteiger partial charge in [-0.15, -0.1) is 0 Å². The molecule has 0 spiro atoms. The lowest BCUT2D eigenvalue weighted by molar-refractivity contribution is -0.184. The number of hydrogen-bond donors (Lipinski definition) is 2. The molecule has 2 aliphatic rings. The number of rotatable bonds is 4. The van der Waals surface area contributed by atoms with Gasteiger partial charge in [0, 0.05) is 38.6 Å². The number of nitrogens with zero attached hydrogens (tertiary/aromatic N) is 1. The lowest BCUT2D eigenvalue weighted by Crippen LogP contribution is -2.57. The number of nitrogens with one attached hydrogen (secondary N) is 2. The summed E-state index contributed by atoms with van der Waals surface area (Å²) in [6, 6.07) is -1.57. The average Bonchev–Trinajstić information content (AvgIpc) is 3.12. The topological polar surface area (TPSA) is 44.4 Å². The summed E-state index contributed by atoms with van der Waals surface area (Å²) in [6.07, 6.45) is -2.69. The Balaban J connectivity index is 1.89. The Morgan fingerprint density at radius 2 is 1.94 bits per heavy atom. The van der Waals surface area contributed by atoms with Crippen LogP contribution >= 0.6 is 0 Å². The average molecular weight is 265 g/mol. The van der Waals surface area contributed by atoms with Crippen molar-refractivity contribution >= 4 is 5.91 Å². The van der Waals surface area contributed by atoms with E-state index < -0.39 is 12.2 Å². The molecule has 2 rings (SSSR count). The Morgan fingerprint density at radius 3 is 2.44 bits per heavy atom. The van der Waals surface area contributed by atoms with Gasteiger partial charge >= 0.3 is 6.18 Å². The maximum Gasteiger partial charge on any atom is 0.405 e. The van der Waals surface area contributed by atoms with E-state index in [1.54, 1.807) is 0 Å². The number of hydrogen-bond acceptors (Lipinski definition) is 3. The van der Waals surface area contributed by atoms with Crippen LogP contribution < -0.4 is 10.6 Å². The second-order valence-electron chi connectivity index (χ2n) is 4.86. The van der Waals surface area contributed by atoms with Gasteiger partial charge in [-0.2, -0.15) is 13.2 Å². The van der Waals surface area contributed by atoms with Gasteiger partial charge in [0.05, 0.1) is 0 Å². The molecule has 104 valence electrons. The predicted octanol–water partition coefficient (Wildman–Crippen LogP) is 0.349. The van der Waals surface area contributed by atoms with Crippen LogP contribution in [-0.2, 0) is 4.79 Å². The van der Waals surface area contributed by atoms with Crippen LogP contribution in [0.5, 0.6) is 0 Å². The van der Waals surface area contributed by atoms with Gasteiger partial charge in [-0.1, -0.05) is 0 Å². The van der Waals surface area contributed by atoms with Crippen molar-refractivity contribution in [3.05, 3.63) is 0 Å². The van der Waals surface area contributed by atoms with Crippen molar-refractivity contribution in [2.24, 2.45) is 5.92 Å². The summed E-state index contributed by atoms with van der Waals surface area (Å²) in [6.45, 7) is 1.51. The van der Waals surface area contributed by atoms with Gasteiger partial charge in [0.25, 0.3) is 0 Å². The van der Waals surface area contributed by atoms with Gasteiger partial charge in [0.2, 0.25) is 5.91 Å². The second kappa shape index (κ2) is 5.44. The number of carbonyl (C=O) groups excluding carboxylic acids is 1. The molecule has 0 bridgehead atoms. The Labute approximate surface area is 104 Å². The summed E-state index contributed by atoms with van der Waals surface area (Å²) >= 11 is 0. The standard InChI is InChI=1S/C11H18F3N3O/c12-11(13,14)9(17-5-3-15-4-6-17)7-16-10(18)8-1-2-8/h8-9,15H,1-7H2,(H,16,18). The summed E-state index contributed by atoms with van der Waals surface area (Å²) in [4.78, 5) is 12.8. The zero-order valence-corrected chi connectivity index (χ0v) is 10.1. The van der Waals surface area contributed by atoms with Gasteiger partial charge in [0.1, 0.15) is 6.04 Å². The Morgan fingerprint density at radius 1 is 1.33 bits per heavy atom. The fraction of sp³-hybridized carbons (Fsp3) is 0.909. The predicted molar refractivity (Wildman–Crippen MR) is 60.0 cm³/mol. The molecule has 1 amide bonds. The fourth-order valence-electron chi connectivity index (χ4n) is 2.13. The van der Waals surface area contributed by atoms with Crippen molar-refractivity contribution in [3.8, 4) is 0 Å². The van der Waals surface area contributed by atoms with Crippen LogP contribution in [-0.4, -0.2) is 55.7 Å². The number of halogens is 3. The van der Waals surface area contributed by atoms with Crippen molar-refractivity contribution in [2.75, 3.05) is 32.7 Å². The quantitative estimate of drug-likeness (QED) is 0.771. The van der Waals surface area contributed by atoms with E-state index in [1.165, 1.54) is 4.90 Å². The maximum absolute atomic E-state index is 13.0. The van der Waals surface area contributed by atoms with E-state index in [9.17, 15) is 18.0 Å². The van der Waals surface area contributed by atoms with E-state index in [1.807, 2.05) is 0 Å². The van der Waals surface area contributed by atoms with Crippen molar-refractivity contribution < 1.29 is 18.0 Å². The molecular formula is C11H18F3N3O. The second-order valence-corrected chi connectivity index (χ2v) is 4.86. The number of alkyl halides is 3. The fourth-order valence-corrected chi connectivity index (χ4v) is 2.13. The third-order valence-electron chi connectivity index (χ3n) is 3.39. The van der Waals surface area contributed by atoms with Gasteiger partial charge in [-0.3, -0.25) is 9.69 Å². The molecule has 0 aromatic rings. The van der Waals surface area contributed by atoms with Crippen molar-refractivity contribution in [1.29, 1.82) is 0 Å². The monoisotopic (exact) mass is 265 g/mol. The maximum atomic E-state index is 13.0. The molecule has 0 aromatic carbocycles. The molecule has 1 heterocycles. The van der Waals surface area contributed by atoms with Crippen LogP contribution in [0.25, 0.3) is 0 Å². The molecule has 1 aliphatic carbocycles. The summed E-state index contributed by atoms with van der Waals surface area (Å²) in [5, 5.41) is 5.45. The highest BCUT2D eigenvalue weighted by Crippen LogP contribution is 2.29. The molecule has 1 unspecified atom stereocenters. The van der Waals surface area contributed by atoms with Gasteiger partial charge in [-0.05, 0) is 12.8 Å². The third-order valence-corrected chi connectivity index (χ3v) is 3.39. The zero-order chi connectivity index (χ0) is 13.2. The van der Waals surface area contributed by atoms with Crippen LogP contribution in [0.3, 0.4) is 0 Å². The Hall–Kier alpha value is -0.820. The Bertz CT molecular complexity index is 298. The van der Waals surface area contributed by atoms with E-state index in [-0.39, 0.29) is 18.4 Å². The molecule has 0 radical (unpaired) electrons. The smallest absolute Gasteiger partial charge is 0.354 e. The highest BCUT2D eigenvalue weighted by atomic mass is 19.4. The van der Waals surface area contributed by atoms with Crippen LogP contribution in [0.1, 0.15) is 12.8 Å². The summed E-state index contributed by atoms with van der Waals surface area (Å²) in [5.41, 5.74) is 0. The SMILES string of the molecule is O=C(NCC(N1CCNCC1)C(F)(F)F)C1CC1. The molecule has 1 atom stereocenters. The van der Waals surface area contributed by atoms with Gasteiger partial charge < -0.3 is 10.6 Å². The van der Waals surface area contributed by atoms with Gasteiger partial charge in [0.15, 0.2) is 0 Å². The van der Waals surface area contributed by atoms with Crippen molar-refractivity contribution in [1.82, 2.24) is 15.5 Å². The van der Waals surface area contributed by atoms with Crippen molar-refractivity contribution in [3.63, 3.8) is 0 Å². The molecule has 7 heteroatoms. The minimum atomic E-state index is -4.30. The van der Waals surface area contributed by atoms with Crippen LogP contribution in [0.2, 0.25) is 0 Å². The molecule has 2 N–H and O–H groups in total. The van der Waals surface area contributed by atoms with E-state index >= 15 is 0 Å². The highest BCUT2D eigenvalue weighted by Gasteiger charge is 2.44. The largest absolute Gasteiger partial charge is 0.405 e. The highest BCUT2D eigenvalue weighted by molar-refractivity contribution is 5.80. The number of carbonyl (C=O) groups is 1. The minimum Gasteiger partial charge on any atom is -0.354 e. The minimum absolute atomic E-state index is 0.0538. The van der Waals surface area contributed by atoms with Crippen LogP contribution in [0, 0.1) is 5.92 Å². The third kappa shape index (κ3) is 3.58. The van der Waals surface area contributed by atoms with Crippen molar-refractivity contribution in [2.45, 2.75) is 25.1 Å². The molecule has 1 aliphatic heterocycles. The number of amides is 1. The summed E-state index contributed by atoms with van der Waals surface area (Å²) < 4.78 is 38.9. The van der Waals surface area contributed by atoms with E-state index in [0.717, 1.165) is 12.8 Å². The lowest BCUT2D eigenvalue weighted by atomic mass is 10.2. The van der Waals surface area contributed by atoms with Gasteiger partial charge in [-0.25, -0.2) is 0 Å². The van der Waals surface area contributed by atoms with Crippen LogP contribution in [0.15, 0.2) is 0 Å². The molecule has 18 heavy (non-hydrogen) atoms. The first-order valence-corrected chi connectivity index (χ1v) is 6.27. The first-order chi connectivity index (χ1) is 8.48.